The number of carbonyl (C=O) groups is 3. The first-order valence-electron chi connectivity index (χ1n) is 14.0. The predicted octanol–water partition coefficient (Wildman–Crippen LogP) is 3.48. The van der Waals surface area contributed by atoms with E-state index in [9.17, 15) is 19.5 Å². The summed E-state index contributed by atoms with van der Waals surface area (Å²) in [5.41, 5.74) is -1.09. The number of likely N-dealkylation sites (tertiary alicyclic amines) is 1. The zero-order chi connectivity index (χ0) is 27.2. The molecular formula is C29H46N2O6. The van der Waals surface area contributed by atoms with E-state index in [0.717, 1.165) is 25.7 Å². The first-order chi connectivity index (χ1) is 17.8. The van der Waals surface area contributed by atoms with Gasteiger partial charge in [-0.3, -0.25) is 14.4 Å². The summed E-state index contributed by atoms with van der Waals surface area (Å²) in [5.74, 6) is -2.21. The monoisotopic (exact) mass is 518 g/mol. The highest BCUT2D eigenvalue weighted by Gasteiger charge is 2.75. The minimum atomic E-state index is -1.09. The van der Waals surface area contributed by atoms with E-state index in [0.29, 0.717) is 38.8 Å². The van der Waals surface area contributed by atoms with Crippen molar-refractivity contribution in [3.63, 3.8) is 0 Å². The standard InChI is InChI=1S/C29H46N2O6/c1-6-9-11-16-30(15-8-3)27(34)25-29-14-13-22(37-29)23(28(35)36-17-12-10-7-2)24(29)26(33)31(25)21(19-32)18-20(4)5/h7-8,20-25,32H,2-3,6,9-19H2,1,4-5H3/t21-,22+,23-,24+,25?,29?/m1/s1. The molecule has 8 heteroatoms. The van der Waals surface area contributed by atoms with Crippen LogP contribution in [0.25, 0.3) is 0 Å². The van der Waals surface area contributed by atoms with E-state index in [1.807, 2.05) is 13.8 Å². The summed E-state index contributed by atoms with van der Waals surface area (Å²) in [5, 5.41) is 10.4. The van der Waals surface area contributed by atoms with Crippen LogP contribution in [0.4, 0.5) is 0 Å². The Balaban J connectivity index is 1.98. The molecule has 1 spiro atoms. The van der Waals surface area contributed by atoms with Crippen LogP contribution in [-0.2, 0) is 23.9 Å². The minimum absolute atomic E-state index is 0.185. The summed E-state index contributed by atoms with van der Waals surface area (Å²) < 4.78 is 12.1. The minimum Gasteiger partial charge on any atom is -0.465 e. The summed E-state index contributed by atoms with van der Waals surface area (Å²) in [6.45, 7) is 14.6. The summed E-state index contributed by atoms with van der Waals surface area (Å²) in [6, 6.07) is -1.42. The fourth-order valence-corrected chi connectivity index (χ4v) is 6.52. The fraction of sp³-hybridized carbons (Fsp3) is 0.759. The molecule has 37 heavy (non-hydrogen) atoms. The number of esters is 1. The molecule has 0 radical (unpaired) electrons. The highest BCUT2D eigenvalue weighted by atomic mass is 16.6. The van der Waals surface area contributed by atoms with E-state index in [1.54, 1.807) is 22.0 Å². The summed E-state index contributed by atoms with van der Waals surface area (Å²) >= 11 is 0. The van der Waals surface area contributed by atoms with Gasteiger partial charge in [0.1, 0.15) is 11.6 Å². The van der Waals surface area contributed by atoms with Crippen molar-refractivity contribution in [2.45, 2.75) is 95.9 Å². The number of rotatable bonds is 16. The molecule has 3 saturated heterocycles. The number of allylic oxidation sites excluding steroid dienone is 1. The first kappa shape index (κ1) is 29.4. The van der Waals surface area contributed by atoms with Crippen LogP contribution in [0.15, 0.2) is 25.3 Å². The number of fused-ring (bicyclic) bond motifs is 1. The fourth-order valence-electron chi connectivity index (χ4n) is 6.52. The zero-order valence-electron chi connectivity index (χ0n) is 22.9. The topological polar surface area (TPSA) is 96.4 Å². The highest BCUT2D eigenvalue weighted by Crippen LogP contribution is 2.59. The normalized spacial score (nSPS) is 28.9. The molecule has 3 aliphatic rings. The Morgan fingerprint density at radius 3 is 2.65 bits per heavy atom. The smallest absolute Gasteiger partial charge is 0.312 e. The van der Waals surface area contributed by atoms with Crippen molar-refractivity contribution >= 4 is 17.8 Å². The van der Waals surface area contributed by atoms with Gasteiger partial charge in [0.05, 0.1) is 37.2 Å². The molecule has 3 fully saturated rings. The average Bonchev–Trinajstić information content (AvgIpc) is 3.51. The van der Waals surface area contributed by atoms with Crippen LogP contribution in [0.1, 0.15) is 72.1 Å². The lowest BCUT2D eigenvalue weighted by Crippen LogP contribution is -2.59. The van der Waals surface area contributed by atoms with E-state index in [4.69, 9.17) is 9.47 Å². The molecule has 3 rings (SSSR count). The molecule has 0 aromatic carbocycles. The van der Waals surface area contributed by atoms with E-state index in [1.165, 1.54) is 0 Å². The summed E-state index contributed by atoms with van der Waals surface area (Å²) in [6.07, 6.45) is 8.98. The van der Waals surface area contributed by atoms with E-state index in [2.05, 4.69) is 20.1 Å². The van der Waals surface area contributed by atoms with Crippen LogP contribution in [0, 0.1) is 17.8 Å². The summed E-state index contributed by atoms with van der Waals surface area (Å²) in [7, 11) is 0. The second-order valence-corrected chi connectivity index (χ2v) is 11.1. The molecule has 3 heterocycles. The lowest BCUT2D eigenvalue weighted by atomic mass is 9.70. The molecule has 3 aliphatic heterocycles. The Labute approximate surface area is 222 Å². The third-order valence-electron chi connectivity index (χ3n) is 8.08. The maximum atomic E-state index is 14.2. The Bertz CT molecular complexity index is 844. The van der Waals surface area contributed by atoms with Gasteiger partial charge in [-0.15, -0.1) is 13.2 Å². The van der Waals surface area contributed by atoms with Gasteiger partial charge in [0, 0.05) is 13.1 Å². The second kappa shape index (κ2) is 13.1. The van der Waals surface area contributed by atoms with Crippen molar-refractivity contribution < 1.29 is 29.0 Å². The van der Waals surface area contributed by atoms with E-state index >= 15 is 0 Å². The van der Waals surface area contributed by atoms with Gasteiger partial charge in [-0.25, -0.2) is 0 Å². The van der Waals surface area contributed by atoms with Gasteiger partial charge >= 0.3 is 5.97 Å². The molecule has 0 aromatic heterocycles. The van der Waals surface area contributed by atoms with Crippen LogP contribution < -0.4 is 0 Å². The number of nitrogens with zero attached hydrogens (tertiary/aromatic N) is 2. The van der Waals surface area contributed by atoms with Crippen molar-refractivity contribution in [3.8, 4) is 0 Å². The van der Waals surface area contributed by atoms with Crippen molar-refractivity contribution in [3.05, 3.63) is 25.3 Å². The Morgan fingerprint density at radius 1 is 1.27 bits per heavy atom. The predicted molar refractivity (Wildman–Crippen MR) is 141 cm³/mol. The molecule has 2 amide bonds. The molecule has 0 aliphatic carbocycles. The molecule has 0 aromatic rings. The number of aliphatic hydroxyl groups is 1. The number of hydrogen-bond donors (Lipinski definition) is 1. The van der Waals surface area contributed by atoms with Crippen molar-refractivity contribution in [1.29, 1.82) is 0 Å². The molecule has 0 saturated carbocycles. The second-order valence-electron chi connectivity index (χ2n) is 11.1. The van der Waals surface area contributed by atoms with Crippen LogP contribution in [0.2, 0.25) is 0 Å². The zero-order valence-corrected chi connectivity index (χ0v) is 22.9. The number of aliphatic hydroxyl groups excluding tert-OH is 1. The maximum absolute atomic E-state index is 14.2. The Hall–Kier alpha value is -2.19. The number of unbranched alkanes of at least 4 members (excludes halogenated alkanes) is 3. The molecule has 6 atom stereocenters. The van der Waals surface area contributed by atoms with Crippen LogP contribution in [0.3, 0.4) is 0 Å². The van der Waals surface area contributed by atoms with Gasteiger partial charge < -0.3 is 24.4 Å². The molecule has 2 bridgehead atoms. The quantitative estimate of drug-likeness (QED) is 0.191. The SMILES string of the molecule is C=CCCCOC(=O)[C@@H]1[C@@H]2CCC3(O2)C(C(=O)N(CC=C)CCCCC)N([C@@H](CO)CC(C)C)C(=O)[C@H]13. The van der Waals surface area contributed by atoms with Gasteiger partial charge in [0.25, 0.3) is 0 Å². The van der Waals surface area contributed by atoms with Gasteiger partial charge in [0.15, 0.2) is 0 Å². The van der Waals surface area contributed by atoms with Gasteiger partial charge in [-0.1, -0.05) is 45.8 Å². The average molecular weight is 519 g/mol. The third kappa shape index (κ3) is 5.80. The lowest BCUT2D eigenvalue weighted by Gasteiger charge is -2.39. The molecule has 208 valence electrons. The van der Waals surface area contributed by atoms with E-state index in [-0.39, 0.29) is 30.9 Å². The largest absolute Gasteiger partial charge is 0.465 e. The van der Waals surface area contributed by atoms with Crippen molar-refractivity contribution in [1.82, 2.24) is 9.80 Å². The van der Waals surface area contributed by atoms with Crippen LogP contribution in [0.5, 0.6) is 0 Å². The maximum Gasteiger partial charge on any atom is 0.312 e. The molecule has 2 unspecified atom stereocenters. The third-order valence-corrected chi connectivity index (χ3v) is 8.08. The van der Waals surface area contributed by atoms with E-state index < -0.39 is 41.6 Å². The summed E-state index contributed by atoms with van der Waals surface area (Å²) in [4.78, 5) is 44.9. The first-order valence-corrected chi connectivity index (χ1v) is 14.0. The van der Waals surface area contributed by atoms with Crippen LogP contribution in [-0.4, -0.2) is 82.8 Å². The van der Waals surface area contributed by atoms with Crippen molar-refractivity contribution in [2.24, 2.45) is 17.8 Å². The molecule has 8 nitrogen and oxygen atoms in total. The van der Waals surface area contributed by atoms with Crippen LogP contribution >= 0.6 is 0 Å². The van der Waals surface area contributed by atoms with Crippen molar-refractivity contribution in [2.75, 3.05) is 26.3 Å². The number of hydrogen-bond acceptors (Lipinski definition) is 6. The van der Waals surface area contributed by atoms with Gasteiger partial charge in [-0.2, -0.15) is 0 Å². The number of carbonyl (C=O) groups excluding carboxylic acids is 3. The van der Waals surface area contributed by atoms with Gasteiger partial charge in [0.2, 0.25) is 11.8 Å². The Kier molecular flexibility index (Phi) is 10.4. The van der Waals surface area contributed by atoms with Gasteiger partial charge in [-0.05, 0) is 44.4 Å². The highest BCUT2D eigenvalue weighted by molar-refractivity contribution is 5.98. The lowest BCUT2D eigenvalue weighted by molar-refractivity contribution is -0.156. The molecular weight excluding hydrogens is 472 g/mol. The Morgan fingerprint density at radius 2 is 2.03 bits per heavy atom. The number of amides is 2. The number of ether oxygens (including phenoxy) is 2. The molecule has 1 N–H and O–H groups in total.